The van der Waals surface area contributed by atoms with Gasteiger partial charge in [0, 0.05) is 12.6 Å². The average Bonchev–Trinajstić information content (AvgIpc) is 2.04. The Kier molecular flexibility index (Phi) is 3.05. The lowest BCUT2D eigenvalue weighted by Gasteiger charge is -2.07. The van der Waals surface area contributed by atoms with Crippen LogP contribution in [-0.2, 0) is 6.42 Å². The molecule has 66 valence electrons. The Bertz CT molecular complexity index is 248. The second kappa shape index (κ2) is 4.07. The van der Waals surface area contributed by atoms with Crippen molar-refractivity contribution in [2.45, 2.75) is 19.4 Å². The quantitative estimate of drug-likeness (QED) is 0.730. The van der Waals surface area contributed by atoms with E-state index in [-0.39, 0.29) is 6.10 Å². The minimum absolute atomic E-state index is 0.381. The van der Waals surface area contributed by atoms with Gasteiger partial charge in [0.25, 0.3) is 0 Å². The van der Waals surface area contributed by atoms with E-state index in [1.54, 1.807) is 20.2 Å². The summed E-state index contributed by atoms with van der Waals surface area (Å²) in [4.78, 5) is 4.10. The summed E-state index contributed by atoms with van der Waals surface area (Å²) in [6.07, 6.45) is 1.85. The number of aliphatic hydroxyl groups excluding tert-OH is 1. The molecule has 0 fully saturated rings. The van der Waals surface area contributed by atoms with Crippen LogP contribution in [-0.4, -0.2) is 23.3 Å². The predicted molar refractivity (Wildman–Crippen MR) is 46.2 cm³/mol. The van der Waals surface area contributed by atoms with Crippen LogP contribution in [0.5, 0.6) is 5.75 Å². The number of hydrogen-bond acceptors (Lipinski definition) is 3. The Balaban J connectivity index is 2.82. The van der Waals surface area contributed by atoms with Crippen molar-refractivity contribution >= 4 is 0 Å². The maximum Gasteiger partial charge on any atom is 0.140 e. The Hall–Kier alpha value is -1.09. The highest BCUT2D eigenvalue weighted by atomic mass is 16.5. The maximum absolute atomic E-state index is 9.13. The third-order valence-corrected chi connectivity index (χ3v) is 1.56. The normalized spacial score (nSPS) is 12.6. The van der Waals surface area contributed by atoms with Gasteiger partial charge in [-0.3, -0.25) is 4.98 Å². The van der Waals surface area contributed by atoms with Gasteiger partial charge >= 0.3 is 0 Å². The lowest BCUT2D eigenvalue weighted by molar-refractivity contribution is 0.192. The van der Waals surface area contributed by atoms with E-state index in [1.165, 1.54) is 0 Å². The third kappa shape index (κ3) is 2.20. The van der Waals surface area contributed by atoms with Crippen molar-refractivity contribution in [3.63, 3.8) is 0 Å². The van der Waals surface area contributed by atoms with E-state index in [1.807, 2.05) is 12.1 Å². The summed E-state index contributed by atoms with van der Waals surface area (Å²) in [6, 6.07) is 3.65. The molecule has 0 radical (unpaired) electrons. The van der Waals surface area contributed by atoms with Crippen LogP contribution < -0.4 is 4.74 Å². The maximum atomic E-state index is 9.13. The number of aliphatic hydroxyl groups is 1. The number of methoxy groups -OCH3 is 1. The smallest absolute Gasteiger partial charge is 0.140 e. The molecule has 1 unspecified atom stereocenters. The molecule has 0 spiro atoms. The number of hydrogen-bond donors (Lipinski definition) is 1. The zero-order chi connectivity index (χ0) is 8.97. The second-order valence-corrected chi connectivity index (χ2v) is 2.71. The lowest BCUT2D eigenvalue weighted by atomic mass is 10.2. The first kappa shape index (κ1) is 9.00. The summed E-state index contributed by atoms with van der Waals surface area (Å²) < 4.78 is 5.07. The van der Waals surface area contributed by atoms with Crippen molar-refractivity contribution in [1.82, 2.24) is 4.98 Å². The van der Waals surface area contributed by atoms with Crippen LogP contribution >= 0.6 is 0 Å². The van der Waals surface area contributed by atoms with Crippen molar-refractivity contribution in [3.05, 3.63) is 24.0 Å². The first-order valence-corrected chi connectivity index (χ1v) is 3.90. The van der Waals surface area contributed by atoms with Crippen LogP contribution in [0.1, 0.15) is 12.6 Å². The van der Waals surface area contributed by atoms with E-state index in [2.05, 4.69) is 4.98 Å². The van der Waals surface area contributed by atoms with Gasteiger partial charge < -0.3 is 9.84 Å². The van der Waals surface area contributed by atoms with Crippen LogP contribution in [0.2, 0.25) is 0 Å². The van der Waals surface area contributed by atoms with E-state index in [0.717, 1.165) is 11.4 Å². The molecule has 0 aliphatic carbocycles. The minimum Gasteiger partial charge on any atom is -0.495 e. The molecule has 0 aromatic carbocycles. The largest absolute Gasteiger partial charge is 0.495 e. The van der Waals surface area contributed by atoms with Crippen molar-refractivity contribution in [2.24, 2.45) is 0 Å². The molecule has 1 aromatic heterocycles. The molecule has 0 saturated carbocycles. The number of ether oxygens (including phenoxy) is 1. The van der Waals surface area contributed by atoms with Crippen LogP contribution in [0.15, 0.2) is 18.3 Å². The van der Waals surface area contributed by atoms with Crippen LogP contribution in [0, 0.1) is 0 Å². The molecule has 0 saturated heterocycles. The zero-order valence-corrected chi connectivity index (χ0v) is 7.32. The summed E-state index contributed by atoms with van der Waals surface area (Å²) >= 11 is 0. The summed E-state index contributed by atoms with van der Waals surface area (Å²) in [7, 11) is 1.60. The van der Waals surface area contributed by atoms with Crippen molar-refractivity contribution in [1.29, 1.82) is 0 Å². The molecule has 0 aliphatic heterocycles. The molecule has 1 rings (SSSR count). The van der Waals surface area contributed by atoms with Gasteiger partial charge in [-0.2, -0.15) is 0 Å². The fourth-order valence-corrected chi connectivity index (χ4v) is 1.04. The monoisotopic (exact) mass is 167 g/mol. The van der Waals surface area contributed by atoms with Crippen LogP contribution in [0.4, 0.5) is 0 Å². The Morgan fingerprint density at radius 1 is 1.67 bits per heavy atom. The summed E-state index contributed by atoms with van der Waals surface area (Å²) in [5.74, 6) is 0.735. The standard InChI is InChI=1S/C9H13NO2/c1-7(11)6-8-9(12-2)4-3-5-10-8/h3-5,7,11H,6H2,1-2H3. The molecule has 3 heteroatoms. The fraction of sp³-hybridized carbons (Fsp3) is 0.444. The number of aromatic nitrogens is 1. The van der Waals surface area contributed by atoms with E-state index in [4.69, 9.17) is 9.84 Å². The first-order chi connectivity index (χ1) is 5.74. The Morgan fingerprint density at radius 2 is 2.42 bits per heavy atom. The van der Waals surface area contributed by atoms with Gasteiger partial charge in [0.05, 0.1) is 18.9 Å². The molecule has 1 N–H and O–H groups in total. The van der Waals surface area contributed by atoms with E-state index >= 15 is 0 Å². The minimum atomic E-state index is -0.381. The highest BCUT2D eigenvalue weighted by Crippen LogP contribution is 2.15. The van der Waals surface area contributed by atoms with Gasteiger partial charge in [-0.05, 0) is 19.1 Å². The zero-order valence-electron chi connectivity index (χ0n) is 7.32. The van der Waals surface area contributed by atoms with Gasteiger partial charge in [0.2, 0.25) is 0 Å². The molecule has 0 bridgehead atoms. The average molecular weight is 167 g/mol. The SMILES string of the molecule is COc1cccnc1CC(C)O. The Morgan fingerprint density at radius 3 is 3.00 bits per heavy atom. The fourth-order valence-electron chi connectivity index (χ4n) is 1.04. The topological polar surface area (TPSA) is 42.4 Å². The lowest BCUT2D eigenvalue weighted by Crippen LogP contribution is -2.07. The predicted octanol–water partition coefficient (Wildman–Crippen LogP) is 1.01. The first-order valence-electron chi connectivity index (χ1n) is 3.90. The van der Waals surface area contributed by atoms with Gasteiger partial charge in [-0.25, -0.2) is 0 Å². The summed E-state index contributed by atoms with van der Waals surface area (Å²) in [5, 5.41) is 9.13. The van der Waals surface area contributed by atoms with Crippen molar-refractivity contribution < 1.29 is 9.84 Å². The van der Waals surface area contributed by atoms with Gasteiger partial charge in [0.15, 0.2) is 0 Å². The van der Waals surface area contributed by atoms with Gasteiger partial charge in [0.1, 0.15) is 5.75 Å². The summed E-state index contributed by atoms with van der Waals surface area (Å²) in [5.41, 5.74) is 0.801. The summed E-state index contributed by atoms with van der Waals surface area (Å²) in [6.45, 7) is 1.73. The molecular weight excluding hydrogens is 154 g/mol. The third-order valence-electron chi connectivity index (χ3n) is 1.56. The highest BCUT2D eigenvalue weighted by Gasteiger charge is 2.05. The number of rotatable bonds is 3. The molecule has 3 nitrogen and oxygen atoms in total. The molecule has 1 atom stereocenters. The van der Waals surface area contributed by atoms with E-state index in [0.29, 0.717) is 6.42 Å². The number of nitrogens with zero attached hydrogens (tertiary/aromatic N) is 1. The van der Waals surface area contributed by atoms with E-state index in [9.17, 15) is 0 Å². The molecule has 0 aliphatic rings. The molecule has 1 heterocycles. The van der Waals surface area contributed by atoms with Crippen LogP contribution in [0.3, 0.4) is 0 Å². The molecule has 1 aromatic rings. The van der Waals surface area contributed by atoms with Crippen molar-refractivity contribution in [2.75, 3.05) is 7.11 Å². The highest BCUT2D eigenvalue weighted by molar-refractivity contribution is 5.26. The second-order valence-electron chi connectivity index (χ2n) is 2.71. The molecule has 12 heavy (non-hydrogen) atoms. The molecular formula is C9H13NO2. The van der Waals surface area contributed by atoms with E-state index < -0.39 is 0 Å². The van der Waals surface area contributed by atoms with Gasteiger partial charge in [-0.1, -0.05) is 0 Å². The number of pyridine rings is 1. The van der Waals surface area contributed by atoms with Crippen LogP contribution in [0.25, 0.3) is 0 Å². The molecule has 0 amide bonds. The van der Waals surface area contributed by atoms with Crippen molar-refractivity contribution in [3.8, 4) is 5.75 Å². The van der Waals surface area contributed by atoms with Gasteiger partial charge in [-0.15, -0.1) is 0 Å². The Labute approximate surface area is 72.0 Å².